The lowest BCUT2D eigenvalue weighted by Crippen LogP contribution is -2.28. The summed E-state index contributed by atoms with van der Waals surface area (Å²) in [5.74, 6) is -0.178. The van der Waals surface area contributed by atoms with Crippen molar-refractivity contribution in [3.05, 3.63) is 11.9 Å². The summed E-state index contributed by atoms with van der Waals surface area (Å²) in [7, 11) is 0. The molecule has 1 aromatic rings. The Morgan fingerprint density at radius 2 is 2.28 bits per heavy atom. The van der Waals surface area contributed by atoms with Gasteiger partial charge in [0.05, 0.1) is 11.9 Å². The molecule has 0 aliphatic carbocycles. The van der Waals surface area contributed by atoms with Crippen LogP contribution in [0.4, 0.5) is 5.69 Å². The van der Waals surface area contributed by atoms with Crippen molar-refractivity contribution in [2.24, 2.45) is 0 Å². The minimum atomic E-state index is -0.178. The molecule has 0 unspecified atom stereocenters. The number of anilines is 1. The highest BCUT2D eigenvalue weighted by molar-refractivity contribution is 5.97. The first-order chi connectivity index (χ1) is 8.70. The number of carbonyl (C=O) groups is 1. The smallest absolute Gasteiger partial charge is 0.271 e. The standard InChI is InChI=1S/C12H22N4O2/c1-3-7-18-8-5-6-14-12(17)11-10(13)9-15-16(11)4-2/h9H,3-8,13H2,1-2H3,(H,14,17). The molecule has 0 aromatic carbocycles. The van der Waals surface area contributed by atoms with Crippen LogP contribution >= 0.6 is 0 Å². The van der Waals surface area contributed by atoms with Gasteiger partial charge in [0, 0.05) is 26.3 Å². The first-order valence-electron chi connectivity index (χ1n) is 6.37. The number of aromatic nitrogens is 2. The fourth-order valence-corrected chi connectivity index (χ4v) is 1.59. The molecule has 0 aliphatic rings. The third kappa shape index (κ3) is 4.03. The summed E-state index contributed by atoms with van der Waals surface area (Å²) in [4.78, 5) is 11.9. The number of nitrogens with one attached hydrogen (secondary N) is 1. The monoisotopic (exact) mass is 254 g/mol. The fourth-order valence-electron chi connectivity index (χ4n) is 1.59. The number of nitrogens with zero attached hydrogens (tertiary/aromatic N) is 2. The lowest BCUT2D eigenvalue weighted by atomic mass is 10.3. The minimum absolute atomic E-state index is 0.178. The second-order valence-corrected chi connectivity index (χ2v) is 3.99. The van der Waals surface area contributed by atoms with Gasteiger partial charge in [-0.3, -0.25) is 9.48 Å². The number of hydrogen-bond acceptors (Lipinski definition) is 4. The van der Waals surface area contributed by atoms with E-state index >= 15 is 0 Å². The average Bonchev–Trinajstić information content (AvgIpc) is 2.74. The molecule has 3 N–H and O–H groups in total. The van der Waals surface area contributed by atoms with Gasteiger partial charge in [-0.15, -0.1) is 0 Å². The molecule has 6 heteroatoms. The molecule has 0 aliphatic heterocycles. The highest BCUT2D eigenvalue weighted by atomic mass is 16.5. The van der Waals surface area contributed by atoms with Crippen LogP contribution in [0.25, 0.3) is 0 Å². The molecule has 0 spiro atoms. The second kappa shape index (κ2) is 7.71. The lowest BCUT2D eigenvalue weighted by molar-refractivity contribution is 0.0932. The molecule has 0 atom stereocenters. The number of nitrogens with two attached hydrogens (primary N) is 1. The van der Waals surface area contributed by atoms with Gasteiger partial charge in [0.2, 0.25) is 0 Å². The van der Waals surface area contributed by atoms with Crippen LogP contribution < -0.4 is 11.1 Å². The molecule has 0 radical (unpaired) electrons. The van der Waals surface area contributed by atoms with Gasteiger partial charge in [-0.25, -0.2) is 0 Å². The van der Waals surface area contributed by atoms with Crippen molar-refractivity contribution in [2.45, 2.75) is 33.2 Å². The molecule has 1 amide bonds. The van der Waals surface area contributed by atoms with E-state index in [1.54, 1.807) is 4.68 Å². The Morgan fingerprint density at radius 1 is 1.50 bits per heavy atom. The highest BCUT2D eigenvalue weighted by Gasteiger charge is 2.15. The molecule has 0 fully saturated rings. The van der Waals surface area contributed by atoms with Crippen molar-refractivity contribution in [1.29, 1.82) is 0 Å². The molecule has 1 rings (SSSR count). The van der Waals surface area contributed by atoms with Crippen LogP contribution in [0.5, 0.6) is 0 Å². The van der Waals surface area contributed by atoms with Gasteiger partial charge in [0.1, 0.15) is 5.69 Å². The first-order valence-corrected chi connectivity index (χ1v) is 6.37. The van der Waals surface area contributed by atoms with Crippen LogP contribution in [0, 0.1) is 0 Å². The third-order valence-corrected chi connectivity index (χ3v) is 2.48. The molecule has 18 heavy (non-hydrogen) atoms. The van der Waals surface area contributed by atoms with E-state index in [9.17, 15) is 4.79 Å². The summed E-state index contributed by atoms with van der Waals surface area (Å²) < 4.78 is 6.93. The zero-order valence-electron chi connectivity index (χ0n) is 11.1. The lowest BCUT2D eigenvalue weighted by Gasteiger charge is -2.07. The topological polar surface area (TPSA) is 82.2 Å². The second-order valence-electron chi connectivity index (χ2n) is 3.99. The van der Waals surface area contributed by atoms with E-state index in [0.29, 0.717) is 31.1 Å². The van der Waals surface area contributed by atoms with Crippen LogP contribution in [0.2, 0.25) is 0 Å². The molecule has 0 bridgehead atoms. The number of nitrogen functional groups attached to an aromatic ring is 1. The normalized spacial score (nSPS) is 10.6. The van der Waals surface area contributed by atoms with Crippen LogP contribution in [0.15, 0.2) is 6.20 Å². The Bertz CT molecular complexity index is 376. The van der Waals surface area contributed by atoms with Crippen molar-refractivity contribution in [1.82, 2.24) is 15.1 Å². The van der Waals surface area contributed by atoms with Crippen molar-refractivity contribution >= 4 is 11.6 Å². The van der Waals surface area contributed by atoms with Gasteiger partial charge in [-0.2, -0.15) is 5.10 Å². The molecular weight excluding hydrogens is 232 g/mol. The van der Waals surface area contributed by atoms with Crippen molar-refractivity contribution < 1.29 is 9.53 Å². The van der Waals surface area contributed by atoms with Crippen LogP contribution in [0.1, 0.15) is 37.2 Å². The van der Waals surface area contributed by atoms with Crippen molar-refractivity contribution in [2.75, 3.05) is 25.5 Å². The van der Waals surface area contributed by atoms with Gasteiger partial charge < -0.3 is 15.8 Å². The van der Waals surface area contributed by atoms with Gasteiger partial charge in [-0.05, 0) is 19.8 Å². The Labute approximate surface area is 107 Å². The largest absolute Gasteiger partial charge is 0.396 e. The minimum Gasteiger partial charge on any atom is -0.396 e. The number of rotatable bonds is 8. The quantitative estimate of drug-likeness (QED) is 0.679. The van der Waals surface area contributed by atoms with Gasteiger partial charge in [-0.1, -0.05) is 6.92 Å². The number of aryl methyl sites for hydroxylation is 1. The maximum absolute atomic E-state index is 11.9. The van der Waals surface area contributed by atoms with E-state index in [2.05, 4.69) is 17.3 Å². The number of hydrogen-bond donors (Lipinski definition) is 2. The van der Waals surface area contributed by atoms with Crippen LogP contribution in [0.3, 0.4) is 0 Å². The van der Waals surface area contributed by atoms with E-state index < -0.39 is 0 Å². The summed E-state index contributed by atoms with van der Waals surface area (Å²) in [6, 6.07) is 0. The maximum Gasteiger partial charge on any atom is 0.271 e. The Kier molecular flexibility index (Phi) is 6.21. The summed E-state index contributed by atoms with van der Waals surface area (Å²) >= 11 is 0. The number of amides is 1. The zero-order valence-corrected chi connectivity index (χ0v) is 11.1. The predicted molar refractivity (Wildman–Crippen MR) is 70.4 cm³/mol. The number of carbonyl (C=O) groups excluding carboxylic acids is 1. The Hall–Kier alpha value is -1.56. The van der Waals surface area contributed by atoms with E-state index in [-0.39, 0.29) is 5.91 Å². The van der Waals surface area contributed by atoms with E-state index in [0.717, 1.165) is 19.4 Å². The van der Waals surface area contributed by atoms with E-state index in [1.165, 1.54) is 6.20 Å². The van der Waals surface area contributed by atoms with Gasteiger partial charge >= 0.3 is 0 Å². The van der Waals surface area contributed by atoms with Gasteiger partial charge in [0.15, 0.2) is 0 Å². The van der Waals surface area contributed by atoms with Crippen LogP contribution in [-0.4, -0.2) is 35.4 Å². The Balaban J connectivity index is 2.34. The van der Waals surface area contributed by atoms with Gasteiger partial charge in [0.25, 0.3) is 5.91 Å². The fraction of sp³-hybridized carbons (Fsp3) is 0.667. The zero-order chi connectivity index (χ0) is 13.4. The predicted octanol–water partition coefficient (Wildman–Crippen LogP) is 1.03. The summed E-state index contributed by atoms with van der Waals surface area (Å²) in [5.41, 5.74) is 6.57. The first kappa shape index (κ1) is 14.5. The van der Waals surface area contributed by atoms with E-state index in [1.807, 2.05) is 6.92 Å². The third-order valence-electron chi connectivity index (χ3n) is 2.48. The Morgan fingerprint density at radius 3 is 2.94 bits per heavy atom. The highest BCUT2D eigenvalue weighted by Crippen LogP contribution is 2.10. The molecule has 0 saturated heterocycles. The van der Waals surface area contributed by atoms with E-state index in [4.69, 9.17) is 10.5 Å². The summed E-state index contributed by atoms with van der Waals surface area (Å²) in [6.45, 7) is 6.62. The molecular formula is C12H22N4O2. The SMILES string of the molecule is CCCOCCCNC(=O)c1c(N)cnn1CC. The number of ether oxygens (including phenoxy) is 1. The molecule has 1 heterocycles. The maximum atomic E-state index is 11.9. The summed E-state index contributed by atoms with van der Waals surface area (Å²) in [5, 5.41) is 6.85. The van der Waals surface area contributed by atoms with Crippen molar-refractivity contribution in [3.63, 3.8) is 0 Å². The van der Waals surface area contributed by atoms with Crippen LogP contribution in [-0.2, 0) is 11.3 Å². The molecule has 6 nitrogen and oxygen atoms in total. The summed E-state index contributed by atoms with van der Waals surface area (Å²) in [6.07, 6.45) is 3.31. The average molecular weight is 254 g/mol. The molecule has 1 aromatic heterocycles. The van der Waals surface area contributed by atoms with Crippen molar-refractivity contribution in [3.8, 4) is 0 Å². The molecule has 102 valence electrons. The molecule has 0 saturated carbocycles.